The van der Waals surface area contributed by atoms with Gasteiger partial charge in [-0.15, -0.1) is 23.2 Å². The Labute approximate surface area is 136 Å². The zero-order chi connectivity index (χ0) is 15.6. The first-order valence-corrected chi connectivity index (χ1v) is 11.2. The molecule has 0 heterocycles. The Balaban J connectivity index is 3.83. The molecule has 0 radical (unpaired) electrons. The fourth-order valence-electron chi connectivity index (χ4n) is 1.46. The molecule has 0 aromatic heterocycles. The van der Waals surface area contributed by atoms with Crippen molar-refractivity contribution in [2.75, 3.05) is 47.9 Å². The molecule has 0 N–H and O–H groups in total. The third kappa shape index (κ3) is 11.4. The van der Waals surface area contributed by atoms with Crippen LogP contribution in [-0.2, 0) is 19.7 Å². The van der Waals surface area contributed by atoms with Crippen molar-refractivity contribution in [1.82, 2.24) is 4.42 Å². The van der Waals surface area contributed by atoms with Crippen molar-refractivity contribution in [2.45, 2.75) is 12.8 Å². The van der Waals surface area contributed by atoms with Gasteiger partial charge in [-0.25, -0.2) is 21.3 Å². The molecule has 0 amide bonds. The number of nitrogens with zero attached hydrogens (tertiary/aromatic N) is 1. The summed E-state index contributed by atoms with van der Waals surface area (Å²) in [4.78, 5) is 0. The summed E-state index contributed by atoms with van der Waals surface area (Å²) in [6.07, 6.45) is 0.800. The minimum atomic E-state index is -3.11. The molecule has 0 fully saturated rings. The fraction of sp³-hybridized carbons (Fsp3) is 1.00. The minimum Gasteiger partial charge on any atom is -0.229 e. The predicted octanol–water partition coefficient (Wildman–Crippen LogP) is 1.53. The Morgan fingerprint density at radius 3 is 1.35 bits per heavy atom. The van der Waals surface area contributed by atoms with E-state index in [-0.39, 0.29) is 34.8 Å². The van der Waals surface area contributed by atoms with Crippen LogP contribution in [0.25, 0.3) is 0 Å². The van der Waals surface area contributed by atoms with Gasteiger partial charge in [0.1, 0.15) is 0 Å². The lowest BCUT2D eigenvalue weighted by Gasteiger charge is -2.13. The van der Waals surface area contributed by atoms with Crippen LogP contribution in [0.1, 0.15) is 12.8 Å². The molecule has 0 spiro atoms. The second kappa shape index (κ2) is 10.5. The van der Waals surface area contributed by atoms with Crippen LogP contribution in [0.4, 0.5) is 0 Å². The highest BCUT2D eigenvalue weighted by atomic mass is 35.5. The smallest absolute Gasteiger partial charge is 0.151 e. The molecular formula is C10H20Cl3NO4S2. The summed E-state index contributed by atoms with van der Waals surface area (Å²) < 4.78 is 47.0. The van der Waals surface area contributed by atoms with Crippen molar-refractivity contribution in [3.05, 3.63) is 0 Å². The van der Waals surface area contributed by atoms with Crippen LogP contribution < -0.4 is 0 Å². The minimum absolute atomic E-state index is 0.0342. The molecule has 0 aliphatic rings. The third-order valence-electron chi connectivity index (χ3n) is 2.49. The highest BCUT2D eigenvalue weighted by Crippen LogP contribution is 2.04. The first kappa shape index (κ1) is 20.7. The van der Waals surface area contributed by atoms with Gasteiger partial charge in [-0.1, -0.05) is 0 Å². The van der Waals surface area contributed by atoms with Gasteiger partial charge in [0, 0.05) is 24.8 Å². The van der Waals surface area contributed by atoms with Crippen LogP contribution in [0.15, 0.2) is 0 Å². The number of rotatable bonds is 12. The molecule has 0 aliphatic carbocycles. The van der Waals surface area contributed by atoms with E-state index in [1.165, 1.54) is 4.42 Å². The van der Waals surface area contributed by atoms with E-state index in [9.17, 15) is 16.8 Å². The summed E-state index contributed by atoms with van der Waals surface area (Å²) in [7, 11) is -6.21. The van der Waals surface area contributed by atoms with Crippen molar-refractivity contribution in [2.24, 2.45) is 0 Å². The maximum Gasteiger partial charge on any atom is 0.151 e. The van der Waals surface area contributed by atoms with Gasteiger partial charge < -0.3 is 0 Å². The third-order valence-corrected chi connectivity index (χ3v) is 7.13. The van der Waals surface area contributed by atoms with Crippen LogP contribution in [-0.4, -0.2) is 69.1 Å². The average molecular weight is 389 g/mol. The van der Waals surface area contributed by atoms with Gasteiger partial charge in [0.15, 0.2) is 19.7 Å². The van der Waals surface area contributed by atoms with Crippen molar-refractivity contribution < 1.29 is 16.8 Å². The highest BCUT2D eigenvalue weighted by molar-refractivity contribution is 7.91. The van der Waals surface area contributed by atoms with Gasteiger partial charge in [-0.05, 0) is 24.6 Å². The predicted molar refractivity (Wildman–Crippen MR) is 85.4 cm³/mol. The molecular weight excluding hydrogens is 369 g/mol. The summed E-state index contributed by atoms with van der Waals surface area (Å²) in [5, 5.41) is 0. The number of hydrogen-bond acceptors (Lipinski definition) is 5. The molecule has 0 atom stereocenters. The van der Waals surface area contributed by atoms with E-state index < -0.39 is 19.7 Å². The van der Waals surface area contributed by atoms with Gasteiger partial charge in [0.25, 0.3) is 0 Å². The lowest BCUT2D eigenvalue weighted by atomic mass is 10.4. The standard InChI is InChI=1S/C10H20Cl3NO4S2/c11-3-9-19(15,16)7-1-5-14(13)6-2-8-20(17,18)10-4-12/h1-10H2. The normalized spacial score (nSPS) is 13.0. The molecule has 0 unspecified atom stereocenters. The Kier molecular flexibility index (Phi) is 10.8. The zero-order valence-electron chi connectivity index (χ0n) is 11.1. The van der Waals surface area contributed by atoms with Crippen molar-refractivity contribution in [3.8, 4) is 0 Å². The summed E-state index contributed by atoms with van der Waals surface area (Å²) in [6.45, 7) is 0.775. The van der Waals surface area contributed by atoms with Gasteiger partial charge in [0.05, 0.1) is 23.0 Å². The second-order valence-corrected chi connectivity index (χ2v) is 10.1. The van der Waals surface area contributed by atoms with Crippen LogP contribution in [0.2, 0.25) is 0 Å². The maximum atomic E-state index is 11.4. The molecule has 5 nitrogen and oxygen atoms in total. The van der Waals surface area contributed by atoms with Gasteiger partial charge in [-0.2, -0.15) is 0 Å². The molecule has 0 aliphatic heterocycles. The number of alkyl halides is 2. The van der Waals surface area contributed by atoms with Crippen LogP contribution in [0.5, 0.6) is 0 Å². The molecule has 0 aromatic carbocycles. The van der Waals surface area contributed by atoms with E-state index in [2.05, 4.69) is 0 Å². The molecule has 20 heavy (non-hydrogen) atoms. The first-order valence-electron chi connectivity index (χ1n) is 6.16. The summed E-state index contributed by atoms with van der Waals surface area (Å²) >= 11 is 16.6. The van der Waals surface area contributed by atoms with Crippen LogP contribution in [0.3, 0.4) is 0 Å². The van der Waals surface area contributed by atoms with E-state index in [4.69, 9.17) is 35.0 Å². The highest BCUT2D eigenvalue weighted by Gasteiger charge is 2.12. The zero-order valence-corrected chi connectivity index (χ0v) is 15.0. The number of sulfone groups is 2. The molecule has 10 heteroatoms. The largest absolute Gasteiger partial charge is 0.229 e. The molecule has 0 saturated carbocycles. The monoisotopic (exact) mass is 387 g/mol. The van der Waals surface area contributed by atoms with E-state index in [0.29, 0.717) is 25.9 Å². The molecule has 0 saturated heterocycles. The van der Waals surface area contributed by atoms with E-state index >= 15 is 0 Å². The van der Waals surface area contributed by atoms with E-state index in [0.717, 1.165) is 0 Å². The topological polar surface area (TPSA) is 71.5 Å². The quantitative estimate of drug-likeness (QED) is 0.374. The lowest BCUT2D eigenvalue weighted by Crippen LogP contribution is -2.22. The van der Waals surface area contributed by atoms with E-state index in [1.807, 2.05) is 0 Å². The molecule has 0 bridgehead atoms. The average Bonchev–Trinajstić information content (AvgIpc) is 2.27. The van der Waals surface area contributed by atoms with E-state index in [1.54, 1.807) is 0 Å². The maximum absolute atomic E-state index is 11.4. The van der Waals surface area contributed by atoms with Crippen LogP contribution >= 0.6 is 35.0 Å². The second-order valence-electron chi connectivity index (χ2n) is 4.30. The Hall–Kier alpha value is 0.730. The SMILES string of the molecule is O=S(=O)(CCCl)CCCN(Cl)CCCS(=O)(=O)CCCl. The number of halogens is 3. The fourth-order valence-corrected chi connectivity index (χ4v) is 5.13. The van der Waals surface area contributed by atoms with Gasteiger partial charge in [0.2, 0.25) is 0 Å². The van der Waals surface area contributed by atoms with Crippen molar-refractivity contribution in [3.63, 3.8) is 0 Å². The van der Waals surface area contributed by atoms with Crippen molar-refractivity contribution in [1.29, 1.82) is 0 Å². The first-order chi connectivity index (χ1) is 9.22. The molecule has 0 rings (SSSR count). The Bertz CT molecular complexity index is 411. The number of hydrogen-bond donors (Lipinski definition) is 0. The Morgan fingerprint density at radius 1 is 0.700 bits per heavy atom. The Morgan fingerprint density at radius 2 is 1.05 bits per heavy atom. The summed E-state index contributed by atoms with van der Waals surface area (Å²) in [5.74, 6) is 0.179. The van der Waals surface area contributed by atoms with Crippen LogP contribution in [0, 0.1) is 0 Å². The molecule has 122 valence electrons. The van der Waals surface area contributed by atoms with Gasteiger partial charge in [-0.3, -0.25) is 0 Å². The lowest BCUT2D eigenvalue weighted by molar-refractivity contribution is 0.450. The summed E-state index contributed by atoms with van der Waals surface area (Å²) in [5.41, 5.74) is 0. The van der Waals surface area contributed by atoms with Gasteiger partial charge >= 0.3 is 0 Å². The summed E-state index contributed by atoms with van der Waals surface area (Å²) in [6, 6.07) is 0. The van der Waals surface area contributed by atoms with Crippen molar-refractivity contribution >= 4 is 54.7 Å². The molecule has 0 aromatic rings.